The lowest BCUT2D eigenvalue weighted by Gasteiger charge is -2.17. The highest BCUT2D eigenvalue weighted by molar-refractivity contribution is 7.37. The summed E-state index contributed by atoms with van der Waals surface area (Å²) in [5.41, 5.74) is 7.66. The van der Waals surface area contributed by atoms with Gasteiger partial charge in [-0.05, 0) is 19.9 Å². The summed E-state index contributed by atoms with van der Waals surface area (Å²) in [6.07, 6.45) is 2.82. The third-order valence-electron chi connectivity index (χ3n) is 4.29. The minimum atomic E-state index is -2.79. The first-order chi connectivity index (χ1) is 14.3. The van der Waals surface area contributed by atoms with E-state index in [9.17, 15) is 9.36 Å². The number of carbonyl (C=O) groups is 1. The number of ether oxygens (including phenoxy) is 1. The van der Waals surface area contributed by atoms with E-state index in [2.05, 4.69) is 20.0 Å². The maximum absolute atomic E-state index is 12.1. The molecule has 0 aliphatic rings. The molecule has 30 heavy (non-hydrogen) atoms. The normalized spacial score (nSPS) is 14.3. The van der Waals surface area contributed by atoms with Gasteiger partial charge in [0, 0.05) is 5.56 Å². The number of benzene rings is 1. The monoisotopic (exact) mass is 434 g/mol. The van der Waals surface area contributed by atoms with E-state index in [1.54, 1.807) is 24.5 Å². The van der Waals surface area contributed by atoms with Crippen LogP contribution in [0, 0.1) is 0 Å². The first-order valence-corrected chi connectivity index (χ1v) is 10.5. The number of aliphatic carboxylic acids is 1. The van der Waals surface area contributed by atoms with E-state index in [-0.39, 0.29) is 12.7 Å². The Balaban J connectivity index is 1.61. The largest absolute Gasteiger partial charge is 0.480 e. The van der Waals surface area contributed by atoms with Crippen LogP contribution in [0.25, 0.3) is 11.2 Å². The number of nitrogen functional groups attached to an aromatic ring is 1. The maximum atomic E-state index is 12.1. The Labute approximate surface area is 173 Å². The number of anilines is 1. The van der Waals surface area contributed by atoms with Crippen molar-refractivity contribution in [3.05, 3.63) is 42.5 Å². The van der Waals surface area contributed by atoms with E-state index in [0.717, 1.165) is 0 Å². The first kappa shape index (κ1) is 21.7. The second kappa shape index (κ2) is 9.66. The van der Waals surface area contributed by atoms with Crippen molar-refractivity contribution in [1.29, 1.82) is 0 Å². The maximum Gasteiger partial charge on any atom is 0.320 e. The molecule has 2 aromatic heterocycles. The molecule has 11 nitrogen and oxygen atoms in total. The second-order valence-corrected chi connectivity index (χ2v) is 7.72. The third kappa shape index (κ3) is 5.32. The molecule has 0 saturated carbocycles. The zero-order valence-corrected chi connectivity index (χ0v) is 17.5. The number of nitrogens with zero attached hydrogens (tertiary/aromatic N) is 4. The number of para-hydroxylation sites is 1. The van der Waals surface area contributed by atoms with Crippen molar-refractivity contribution in [2.24, 2.45) is 0 Å². The number of hydrogen-bond acceptors (Lipinski definition) is 8. The van der Waals surface area contributed by atoms with Gasteiger partial charge in [-0.25, -0.2) is 20.0 Å². The molecule has 0 spiro atoms. The number of rotatable bonds is 10. The highest BCUT2D eigenvalue weighted by Crippen LogP contribution is 2.28. The molecule has 1 unspecified atom stereocenters. The van der Waals surface area contributed by atoms with Crippen LogP contribution in [0.1, 0.15) is 19.4 Å². The zero-order valence-electron chi connectivity index (χ0n) is 16.5. The van der Waals surface area contributed by atoms with Gasteiger partial charge in [-0.15, -0.1) is 0 Å². The molecule has 3 rings (SSSR count). The quantitative estimate of drug-likeness (QED) is 0.403. The summed E-state index contributed by atoms with van der Waals surface area (Å²) in [6.45, 7) is 4.00. The van der Waals surface area contributed by atoms with Crippen LogP contribution in [0.4, 0.5) is 5.82 Å². The molecule has 0 saturated heterocycles. The highest BCUT2D eigenvalue weighted by atomic mass is 31.1. The number of imidazole rings is 1. The van der Waals surface area contributed by atoms with Gasteiger partial charge in [-0.3, -0.25) is 9.36 Å². The molecule has 3 atom stereocenters. The molecule has 0 radical (unpaired) electrons. The molecular formula is C18H23N6O5P. The molecule has 12 heteroatoms. The van der Waals surface area contributed by atoms with Crippen molar-refractivity contribution in [1.82, 2.24) is 24.6 Å². The van der Waals surface area contributed by atoms with Gasteiger partial charge in [0.15, 0.2) is 11.5 Å². The molecule has 4 N–H and O–H groups in total. The SMILES string of the molecule is C[C@H](Cn1cnc2c(N)ncnc21)OCc1ccccc1O[PH](=O)N[C@@H](C)C(=O)O. The summed E-state index contributed by atoms with van der Waals surface area (Å²) in [7, 11) is -2.79. The molecule has 160 valence electrons. The van der Waals surface area contributed by atoms with Crippen molar-refractivity contribution in [2.75, 3.05) is 5.73 Å². The summed E-state index contributed by atoms with van der Waals surface area (Å²) in [4.78, 5) is 23.2. The molecule has 0 aliphatic carbocycles. The van der Waals surface area contributed by atoms with Crippen LogP contribution in [0.15, 0.2) is 36.9 Å². The van der Waals surface area contributed by atoms with Crippen LogP contribution in [0.3, 0.4) is 0 Å². The fourth-order valence-electron chi connectivity index (χ4n) is 2.68. The standard InChI is InChI=1S/C18H23N6O5P/c1-11(7-24-10-22-15-16(19)20-9-21-17(15)24)28-8-13-5-3-4-6-14(13)29-30(27)23-12(2)18(25)26/h3-6,9-12,30H,7-8H2,1-2H3,(H,23,27)(H,25,26)(H2,19,20,21)/t11-,12+/m1/s1. The smallest absolute Gasteiger partial charge is 0.320 e. The number of aromatic nitrogens is 4. The van der Waals surface area contributed by atoms with Crippen molar-refractivity contribution in [3.8, 4) is 5.75 Å². The summed E-state index contributed by atoms with van der Waals surface area (Å²) < 4.78 is 25.3. The van der Waals surface area contributed by atoms with E-state index in [4.69, 9.17) is 20.1 Å². The van der Waals surface area contributed by atoms with Crippen molar-refractivity contribution >= 4 is 31.1 Å². The molecule has 2 heterocycles. The lowest BCUT2D eigenvalue weighted by molar-refractivity contribution is -0.138. The van der Waals surface area contributed by atoms with Crippen molar-refractivity contribution in [3.63, 3.8) is 0 Å². The number of carboxylic acid groups (broad SMARTS) is 1. The summed E-state index contributed by atoms with van der Waals surface area (Å²) in [5.74, 6) is -0.423. The van der Waals surface area contributed by atoms with Gasteiger partial charge in [0.05, 0.1) is 25.6 Å². The lowest BCUT2D eigenvalue weighted by Crippen LogP contribution is -2.29. The number of fused-ring (bicyclic) bond motifs is 1. The Morgan fingerprint density at radius 1 is 1.30 bits per heavy atom. The van der Waals surface area contributed by atoms with Crippen LogP contribution in [-0.4, -0.2) is 42.7 Å². The average Bonchev–Trinajstić information content (AvgIpc) is 3.11. The number of carboxylic acids is 1. The van der Waals surface area contributed by atoms with E-state index < -0.39 is 20.2 Å². The van der Waals surface area contributed by atoms with Gasteiger partial charge < -0.3 is 24.7 Å². The number of nitrogens with two attached hydrogens (primary N) is 1. The van der Waals surface area contributed by atoms with Crippen molar-refractivity contribution < 1.29 is 23.7 Å². The predicted molar refractivity (Wildman–Crippen MR) is 110 cm³/mol. The Morgan fingerprint density at radius 3 is 2.83 bits per heavy atom. The summed E-state index contributed by atoms with van der Waals surface area (Å²) in [6, 6.07) is 6.01. The Morgan fingerprint density at radius 2 is 2.07 bits per heavy atom. The molecule has 0 fully saturated rings. The Hall–Kier alpha value is -3.01. The topological polar surface area (TPSA) is 154 Å². The Kier molecular flexibility index (Phi) is 6.99. The van der Waals surface area contributed by atoms with Gasteiger partial charge in [-0.2, -0.15) is 0 Å². The van der Waals surface area contributed by atoms with Gasteiger partial charge >= 0.3 is 14.1 Å². The predicted octanol–water partition coefficient (Wildman–Crippen LogP) is 1.84. The minimum absolute atomic E-state index is 0.200. The van der Waals surface area contributed by atoms with Crippen LogP contribution in [0.2, 0.25) is 0 Å². The molecule has 3 aromatic rings. The summed E-state index contributed by atoms with van der Waals surface area (Å²) >= 11 is 0. The van der Waals surface area contributed by atoms with Gasteiger partial charge in [-0.1, -0.05) is 18.2 Å². The highest BCUT2D eigenvalue weighted by Gasteiger charge is 2.16. The fourth-order valence-corrected chi connectivity index (χ4v) is 3.62. The number of hydrogen-bond donors (Lipinski definition) is 3. The lowest BCUT2D eigenvalue weighted by atomic mass is 10.2. The van der Waals surface area contributed by atoms with E-state index in [1.165, 1.54) is 13.3 Å². The molecule has 0 bridgehead atoms. The minimum Gasteiger partial charge on any atom is -0.480 e. The molecule has 0 amide bonds. The van der Waals surface area contributed by atoms with Crippen molar-refractivity contribution in [2.45, 2.75) is 39.1 Å². The third-order valence-corrected chi connectivity index (χ3v) is 5.36. The second-order valence-electron chi connectivity index (χ2n) is 6.65. The Bertz CT molecular complexity index is 1060. The number of nitrogens with one attached hydrogen (secondary N) is 1. The van der Waals surface area contributed by atoms with Crippen LogP contribution in [-0.2, 0) is 27.2 Å². The first-order valence-electron chi connectivity index (χ1n) is 9.17. The van der Waals surface area contributed by atoms with Gasteiger partial charge in [0.2, 0.25) is 0 Å². The average molecular weight is 434 g/mol. The van der Waals surface area contributed by atoms with Crippen LogP contribution in [0.5, 0.6) is 5.75 Å². The van der Waals surface area contributed by atoms with Gasteiger partial charge in [0.1, 0.15) is 23.6 Å². The molecule has 1 aromatic carbocycles. The van der Waals surface area contributed by atoms with Crippen LogP contribution < -0.4 is 15.3 Å². The molecular weight excluding hydrogens is 411 g/mol. The zero-order chi connectivity index (χ0) is 21.7. The fraction of sp³-hybridized carbons (Fsp3) is 0.333. The van der Waals surface area contributed by atoms with Gasteiger partial charge in [0.25, 0.3) is 0 Å². The van der Waals surface area contributed by atoms with E-state index >= 15 is 0 Å². The van der Waals surface area contributed by atoms with E-state index in [1.807, 2.05) is 17.6 Å². The summed E-state index contributed by atoms with van der Waals surface area (Å²) in [5, 5.41) is 11.3. The van der Waals surface area contributed by atoms with Crippen LogP contribution >= 0.6 is 8.18 Å². The molecule has 0 aliphatic heterocycles. The van der Waals surface area contributed by atoms with E-state index in [0.29, 0.717) is 34.8 Å².